The van der Waals surface area contributed by atoms with E-state index in [1.807, 2.05) is 6.92 Å². The summed E-state index contributed by atoms with van der Waals surface area (Å²) in [4.78, 5) is 4.15. The zero-order valence-electron chi connectivity index (χ0n) is 16.1. The molecule has 0 aliphatic carbocycles. The van der Waals surface area contributed by atoms with Crippen molar-refractivity contribution < 1.29 is 132 Å². The standard InChI is InChI=1S/C13H17NO6S2.2K.2H/c1-9-13(2,6-3-7-21(15,16)17)11-8-10(22(18,19)20)4-5-12(11)14-9;;;;/h4-5,8H,3,6-7H2,1-2H3,(H,15,16,17)(H,18,19,20);;;;/q;2*+1;2*-1. The van der Waals surface area contributed by atoms with Gasteiger partial charge in [0, 0.05) is 11.1 Å². The quantitative estimate of drug-likeness (QED) is 0.367. The van der Waals surface area contributed by atoms with Gasteiger partial charge in [0.25, 0.3) is 20.2 Å². The molecule has 1 atom stereocenters. The first kappa shape index (κ1) is 26.0. The third kappa shape index (κ3) is 6.26. The van der Waals surface area contributed by atoms with Crippen molar-refractivity contribution in [2.75, 3.05) is 5.75 Å². The fraction of sp³-hybridized carbons (Fsp3) is 0.462. The Balaban J connectivity index is -0.00000132. The van der Waals surface area contributed by atoms with Gasteiger partial charge in [0.05, 0.1) is 16.3 Å². The van der Waals surface area contributed by atoms with Gasteiger partial charge >= 0.3 is 103 Å². The predicted octanol–water partition coefficient (Wildman–Crippen LogP) is -3.80. The van der Waals surface area contributed by atoms with Crippen molar-refractivity contribution in [3.63, 3.8) is 0 Å². The summed E-state index contributed by atoms with van der Waals surface area (Å²) in [6, 6.07) is 4.14. The van der Waals surface area contributed by atoms with Crippen LogP contribution in [0.5, 0.6) is 0 Å². The summed E-state index contributed by atoms with van der Waals surface area (Å²) in [5, 5.41) is 0. The fourth-order valence-corrected chi connectivity index (χ4v) is 3.65. The van der Waals surface area contributed by atoms with Crippen LogP contribution in [0, 0.1) is 0 Å². The minimum atomic E-state index is -4.32. The van der Waals surface area contributed by atoms with Crippen LogP contribution in [-0.2, 0) is 25.7 Å². The molecule has 0 saturated heterocycles. The number of rotatable bonds is 5. The summed E-state index contributed by atoms with van der Waals surface area (Å²) >= 11 is 0. The first-order valence-electron chi connectivity index (χ1n) is 6.56. The van der Waals surface area contributed by atoms with Crippen LogP contribution in [0.4, 0.5) is 5.69 Å². The van der Waals surface area contributed by atoms with Crippen LogP contribution in [0.3, 0.4) is 0 Å². The van der Waals surface area contributed by atoms with Gasteiger partial charge in [0.15, 0.2) is 0 Å². The van der Waals surface area contributed by atoms with E-state index in [1.54, 1.807) is 6.92 Å². The SMILES string of the molecule is CC1=Nc2ccc(S(=O)(=O)O)cc2C1(C)CCCS(=O)(=O)O.[H-].[H-].[K+].[K+]. The molecular weight excluding hydrogens is 408 g/mol. The minimum absolute atomic E-state index is 0. The predicted molar refractivity (Wildman–Crippen MR) is 84.3 cm³/mol. The summed E-state index contributed by atoms with van der Waals surface area (Å²) in [6.45, 7) is 3.61. The molecule has 2 rings (SSSR count). The zero-order valence-corrected chi connectivity index (χ0v) is 22.0. The summed E-state index contributed by atoms with van der Waals surface area (Å²) < 4.78 is 62.2. The van der Waals surface area contributed by atoms with E-state index in [0.717, 1.165) is 5.71 Å². The van der Waals surface area contributed by atoms with Crippen molar-refractivity contribution in [2.24, 2.45) is 4.99 Å². The molecule has 1 heterocycles. The number of hydrogen-bond donors (Lipinski definition) is 2. The first-order chi connectivity index (χ1) is 9.93. The van der Waals surface area contributed by atoms with Crippen LogP contribution in [-0.4, -0.2) is 37.4 Å². The van der Waals surface area contributed by atoms with Crippen molar-refractivity contribution in [3.05, 3.63) is 23.8 Å². The normalized spacial score (nSPS) is 19.8. The first-order valence-corrected chi connectivity index (χ1v) is 9.61. The smallest absolute Gasteiger partial charge is 1.00 e. The van der Waals surface area contributed by atoms with E-state index in [-0.39, 0.29) is 123 Å². The second-order valence-corrected chi connectivity index (χ2v) is 8.57. The molecule has 0 saturated carbocycles. The number of hydrogen-bond acceptors (Lipinski definition) is 5. The van der Waals surface area contributed by atoms with Crippen LogP contribution < -0.4 is 103 Å². The average molecular weight is 428 g/mol. The van der Waals surface area contributed by atoms with Crippen LogP contribution in [0.2, 0.25) is 0 Å². The molecule has 126 valence electrons. The van der Waals surface area contributed by atoms with E-state index in [4.69, 9.17) is 9.11 Å². The maximum atomic E-state index is 11.3. The molecule has 0 fully saturated rings. The van der Waals surface area contributed by atoms with Gasteiger partial charge in [-0.15, -0.1) is 0 Å². The zero-order chi connectivity index (χ0) is 16.8. The molecule has 2 N–H and O–H groups in total. The maximum absolute atomic E-state index is 11.3. The minimum Gasteiger partial charge on any atom is -1.00 e. The van der Waals surface area contributed by atoms with Gasteiger partial charge in [-0.1, -0.05) is 6.92 Å². The Kier molecular flexibility index (Phi) is 10.2. The van der Waals surface area contributed by atoms with Crippen molar-refractivity contribution in [3.8, 4) is 0 Å². The largest absolute Gasteiger partial charge is 1.00 e. The Morgan fingerprint density at radius 2 is 1.75 bits per heavy atom. The monoisotopic (exact) mass is 427 g/mol. The number of aliphatic imine (C=N–C) groups is 1. The van der Waals surface area contributed by atoms with Crippen molar-refractivity contribution >= 4 is 31.6 Å². The Morgan fingerprint density at radius 1 is 1.17 bits per heavy atom. The van der Waals surface area contributed by atoms with Crippen LogP contribution in [0.1, 0.15) is 35.1 Å². The van der Waals surface area contributed by atoms with Crippen LogP contribution >= 0.6 is 0 Å². The Morgan fingerprint density at radius 3 is 2.25 bits per heavy atom. The van der Waals surface area contributed by atoms with E-state index in [9.17, 15) is 16.8 Å². The van der Waals surface area contributed by atoms with Gasteiger partial charge in [0.2, 0.25) is 0 Å². The molecule has 7 nitrogen and oxygen atoms in total. The van der Waals surface area contributed by atoms with Crippen LogP contribution in [0.15, 0.2) is 28.1 Å². The van der Waals surface area contributed by atoms with Crippen molar-refractivity contribution in [2.45, 2.75) is 37.0 Å². The summed E-state index contributed by atoms with van der Waals surface area (Å²) in [7, 11) is -8.37. The molecule has 0 radical (unpaired) electrons. The van der Waals surface area contributed by atoms with E-state index >= 15 is 0 Å². The number of benzene rings is 1. The third-order valence-electron chi connectivity index (χ3n) is 4.03. The van der Waals surface area contributed by atoms with E-state index in [0.29, 0.717) is 17.7 Å². The number of fused-ring (bicyclic) bond motifs is 1. The van der Waals surface area contributed by atoms with E-state index in [1.165, 1.54) is 18.2 Å². The number of nitrogens with zero attached hydrogens (tertiary/aromatic N) is 1. The molecule has 1 aliphatic heterocycles. The molecular formula is C13H19K2NO6S2. The Hall–Kier alpha value is 1.98. The molecule has 24 heavy (non-hydrogen) atoms. The second kappa shape index (κ2) is 9.46. The van der Waals surface area contributed by atoms with Gasteiger partial charge in [-0.05, 0) is 43.5 Å². The molecule has 0 amide bonds. The van der Waals surface area contributed by atoms with Crippen LogP contribution in [0.25, 0.3) is 0 Å². The molecule has 0 spiro atoms. The summed E-state index contributed by atoms with van der Waals surface area (Å²) in [5.41, 5.74) is 1.31. The summed E-state index contributed by atoms with van der Waals surface area (Å²) in [6.07, 6.45) is 0.585. The van der Waals surface area contributed by atoms with E-state index in [2.05, 4.69) is 4.99 Å². The van der Waals surface area contributed by atoms with Crippen molar-refractivity contribution in [1.82, 2.24) is 0 Å². The van der Waals surface area contributed by atoms with E-state index < -0.39 is 25.7 Å². The van der Waals surface area contributed by atoms with Crippen molar-refractivity contribution in [1.29, 1.82) is 0 Å². The molecule has 1 aliphatic rings. The fourth-order valence-electron chi connectivity index (χ4n) is 2.64. The second-order valence-electron chi connectivity index (χ2n) is 5.57. The Labute approximate surface area is 230 Å². The van der Waals surface area contributed by atoms with Gasteiger partial charge in [-0.25, -0.2) is 0 Å². The maximum Gasteiger partial charge on any atom is 1.00 e. The van der Waals surface area contributed by atoms with Gasteiger partial charge in [-0.2, -0.15) is 16.8 Å². The Bertz CT molecular complexity index is 861. The molecule has 1 aromatic carbocycles. The molecule has 0 aromatic heterocycles. The van der Waals surface area contributed by atoms with Gasteiger partial charge in [0.1, 0.15) is 0 Å². The molecule has 0 bridgehead atoms. The summed E-state index contributed by atoms with van der Waals surface area (Å²) in [5.74, 6) is -0.372. The topological polar surface area (TPSA) is 121 Å². The van der Waals surface area contributed by atoms with Gasteiger partial charge in [-0.3, -0.25) is 14.1 Å². The molecule has 1 aromatic rings. The van der Waals surface area contributed by atoms with Gasteiger partial charge < -0.3 is 2.85 Å². The average Bonchev–Trinajstić information content (AvgIpc) is 2.59. The molecule has 1 unspecified atom stereocenters. The molecule has 11 heteroatoms. The third-order valence-corrected chi connectivity index (χ3v) is 5.68.